The van der Waals surface area contributed by atoms with Crippen molar-refractivity contribution in [1.82, 2.24) is 9.97 Å². The molecule has 1 saturated carbocycles. The van der Waals surface area contributed by atoms with Crippen molar-refractivity contribution in [3.05, 3.63) is 30.6 Å². The molecule has 112 valence electrons. The van der Waals surface area contributed by atoms with Gasteiger partial charge in [0.15, 0.2) is 0 Å². The molecular formula is C14H17N3O3S. The molecule has 2 aromatic heterocycles. The van der Waals surface area contributed by atoms with E-state index in [4.69, 9.17) is 4.74 Å². The highest BCUT2D eigenvalue weighted by atomic mass is 32.2. The zero-order chi connectivity index (χ0) is 14.9. The maximum absolute atomic E-state index is 12.3. The lowest BCUT2D eigenvalue weighted by Gasteiger charge is -2.16. The van der Waals surface area contributed by atoms with Crippen LogP contribution in [0.5, 0.6) is 0 Å². The number of rotatable bonds is 6. The first-order valence-corrected chi connectivity index (χ1v) is 8.47. The van der Waals surface area contributed by atoms with Gasteiger partial charge in [-0.05, 0) is 37.0 Å². The lowest BCUT2D eigenvalue weighted by atomic mass is 10.3. The first kappa shape index (κ1) is 14.2. The first-order valence-electron chi connectivity index (χ1n) is 6.82. The number of hydrogen-bond acceptors (Lipinski definition) is 5. The third-order valence-electron chi connectivity index (χ3n) is 3.60. The van der Waals surface area contributed by atoms with Gasteiger partial charge in [0.2, 0.25) is 10.0 Å². The van der Waals surface area contributed by atoms with Crippen LogP contribution in [-0.2, 0) is 14.8 Å². The van der Waals surface area contributed by atoms with E-state index in [0.29, 0.717) is 22.6 Å². The van der Waals surface area contributed by atoms with Crippen LogP contribution >= 0.6 is 0 Å². The lowest BCUT2D eigenvalue weighted by Crippen LogP contribution is -2.29. The number of methoxy groups -OCH3 is 1. The molecule has 0 saturated heterocycles. The van der Waals surface area contributed by atoms with Crippen LogP contribution in [0.1, 0.15) is 12.8 Å². The van der Waals surface area contributed by atoms with Crippen LogP contribution in [0.2, 0.25) is 0 Å². The zero-order valence-corrected chi connectivity index (χ0v) is 12.5. The predicted molar refractivity (Wildman–Crippen MR) is 80.5 cm³/mol. The van der Waals surface area contributed by atoms with Crippen LogP contribution < -0.4 is 4.72 Å². The van der Waals surface area contributed by atoms with Crippen LogP contribution in [0.15, 0.2) is 30.6 Å². The minimum Gasteiger partial charge on any atom is -0.380 e. The molecule has 0 aliphatic heterocycles. The fraction of sp³-hybridized carbons (Fsp3) is 0.429. The van der Waals surface area contributed by atoms with Crippen molar-refractivity contribution in [2.45, 2.75) is 18.9 Å². The van der Waals surface area contributed by atoms with Crippen LogP contribution in [0, 0.1) is 5.92 Å². The van der Waals surface area contributed by atoms with Gasteiger partial charge in [-0.15, -0.1) is 0 Å². The average molecular weight is 307 g/mol. The van der Waals surface area contributed by atoms with Crippen LogP contribution in [0.25, 0.3) is 11.0 Å². The van der Waals surface area contributed by atoms with E-state index in [1.165, 1.54) is 0 Å². The summed E-state index contributed by atoms with van der Waals surface area (Å²) in [6.07, 6.45) is 5.01. The number of nitrogens with zero attached hydrogens (tertiary/aromatic N) is 2. The number of pyridine rings is 2. The summed E-state index contributed by atoms with van der Waals surface area (Å²) in [4.78, 5) is 8.36. The second-order valence-corrected chi connectivity index (χ2v) is 6.99. The van der Waals surface area contributed by atoms with Gasteiger partial charge in [-0.1, -0.05) is 0 Å². The molecule has 1 fully saturated rings. The van der Waals surface area contributed by atoms with Crippen molar-refractivity contribution >= 4 is 26.7 Å². The summed E-state index contributed by atoms with van der Waals surface area (Å²) in [5, 5.41) is 0. The van der Waals surface area contributed by atoms with Gasteiger partial charge >= 0.3 is 0 Å². The fourth-order valence-electron chi connectivity index (χ4n) is 2.35. The van der Waals surface area contributed by atoms with E-state index in [0.717, 1.165) is 12.8 Å². The maximum Gasteiger partial charge on any atom is 0.235 e. The molecule has 21 heavy (non-hydrogen) atoms. The Morgan fingerprint density at radius 1 is 1.33 bits per heavy atom. The summed E-state index contributed by atoms with van der Waals surface area (Å²) in [5.41, 5.74) is 1.65. The molecule has 0 bridgehead atoms. The topological polar surface area (TPSA) is 81.2 Å². The Morgan fingerprint density at radius 2 is 2.14 bits per heavy atom. The van der Waals surface area contributed by atoms with E-state index in [2.05, 4.69) is 14.7 Å². The minimum atomic E-state index is -3.49. The van der Waals surface area contributed by atoms with Gasteiger partial charge in [-0.2, -0.15) is 0 Å². The van der Waals surface area contributed by atoms with Crippen LogP contribution in [0.3, 0.4) is 0 Å². The molecule has 7 heteroatoms. The Hall–Kier alpha value is -1.73. The summed E-state index contributed by atoms with van der Waals surface area (Å²) < 4.78 is 32.5. The molecule has 1 aliphatic rings. The van der Waals surface area contributed by atoms with Crippen LogP contribution in [0.4, 0.5) is 5.69 Å². The van der Waals surface area contributed by atoms with Crippen molar-refractivity contribution in [2.75, 3.05) is 17.6 Å². The van der Waals surface area contributed by atoms with Gasteiger partial charge in [0.1, 0.15) is 5.52 Å². The summed E-state index contributed by atoms with van der Waals surface area (Å²) in [7, 11) is -1.93. The van der Waals surface area contributed by atoms with E-state index in [9.17, 15) is 8.42 Å². The molecule has 2 aromatic rings. The fourth-order valence-corrected chi connectivity index (χ4v) is 3.78. The van der Waals surface area contributed by atoms with Crippen LogP contribution in [-0.4, -0.2) is 37.4 Å². The molecular weight excluding hydrogens is 290 g/mol. The number of hydrogen-bond donors (Lipinski definition) is 1. The Labute approximate surface area is 123 Å². The number of ether oxygens (including phenoxy) is 1. The number of aromatic nitrogens is 2. The summed E-state index contributed by atoms with van der Waals surface area (Å²) in [6.45, 7) is 0. The highest BCUT2D eigenvalue weighted by molar-refractivity contribution is 7.92. The first-order chi connectivity index (χ1) is 10.1. The summed E-state index contributed by atoms with van der Waals surface area (Å²) in [6, 6.07) is 5.18. The monoisotopic (exact) mass is 307 g/mol. The van der Waals surface area contributed by atoms with E-state index in [-0.39, 0.29) is 11.9 Å². The molecule has 1 aliphatic carbocycles. The molecule has 3 rings (SSSR count). The molecule has 2 heterocycles. The summed E-state index contributed by atoms with van der Waals surface area (Å²) in [5.74, 6) is 0.323. The highest BCUT2D eigenvalue weighted by Crippen LogP contribution is 2.34. The van der Waals surface area contributed by atoms with Gasteiger partial charge in [-0.25, -0.2) is 8.42 Å². The molecule has 0 spiro atoms. The standard InChI is InChI=1S/C14H17N3O3S/c1-20-13(10-4-5-10)9-21(18,19)17-12-6-8-15-11-3-2-7-16-14(11)12/h2-3,6-8,10,13H,4-5,9H2,1H3,(H,15,17). The van der Waals surface area contributed by atoms with Gasteiger partial charge < -0.3 is 4.74 Å². The lowest BCUT2D eigenvalue weighted by molar-refractivity contribution is 0.103. The largest absolute Gasteiger partial charge is 0.380 e. The van der Waals surface area contributed by atoms with Crippen molar-refractivity contribution < 1.29 is 13.2 Å². The van der Waals surface area contributed by atoms with Gasteiger partial charge in [0, 0.05) is 19.5 Å². The maximum atomic E-state index is 12.3. The van der Waals surface area contributed by atoms with Crippen molar-refractivity contribution in [2.24, 2.45) is 5.92 Å². The molecule has 0 radical (unpaired) electrons. The van der Waals surface area contributed by atoms with Crippen molar-refractivity contribution in [3.63, 3.8) is 0 Å². The quantitative estimate of drug-likeness (QED) is 0.880. The zero-order valence-electron chi connectivity index (χ0n) is 11.7. The van der Waals surface area contributed by atoms with E-state index in [1.54, 1.807) is 37.7 Å². The van der Waals surface area contributed by atoms with E-state index >= 15 is 0 Å². The Morgan fingerprint density at radius 3 is 2.86 bits per heavy atom. The summed E-state index contributed by atoms with van der Waals surface area (Å²) >= 11 is 0. The number of nitrogens with one attached hydrogen (secondary N) is 1. The van der Waals surface area contributed by atoms with Gasteiger partial charge in [0.25, 0.3) is 0 Å². The second kappa shape index (κ2) is 5.57. The Balaban J connectivity index is 1.83. The third-order valence-corrected chi connectivity index (χ3v) is 4.89. The third kappa shape index (κ3) is 3.30. The smallest absolute Gasteiger partial charge is 0.235 e. The molecule has 6 nitrogen and oxygen atoms in total. The molecule has 1 unspecified atom stereocenters. The molecule has 1 N–H and O–H groups in total. The Kier molecular flexibility index (Phi) is 3.77. The molecule has 1 atom stereocenters. The van der Waals surface area contributed by atoms with Gasteiger partial charge in [-0.3, -0.25) is 14.7 Å². The molecule has 0 amide bonds. The normalized spacial score (nSPS) is 16.8. The van der Waals surface area contributed by atoms with E-state index < -0.39 is 10.0 Å². The number of anilines is 1. The minimum absolute atomic E-state index is 0.0369. The van der Waals surface area contributed by atoms with Gasteiger partial charge in [0.05, 0.1) is 23.1 Å². The highest BCUT2D eigenvalue weighted by Gasteiger charge is 2.34. The molecule has 0 aromatic carbocycles. The average Bonchev–Trinajstić information content (AvgIpc) is 3.29. The second-order valence-electron chi connectivity index (χ2n) is 5.22. The SMILES string of the molecule is COC(CS(=O)(=O)Nc1ccnc2cccnc12)C1CC1. The van der Waals surface area contributed by atoms with Crippen molar-refractivity contribution in [3.8, 4) is 0 Å². The number of sulfonamides is 1. The number of fused-ring (bicyclic) bond motifs is 1. The van der Waals surface area contributed by atoms with E-state index in [1.807, 2.05) is 0 Å². The van der Waals surface area contributed by atoms with Crippen molar-refractivity contribution in [1.29, 1.82) is 0 Å². The predicted octanol–water partition coefficient (Wildman–Crippen LogP) is 1.80. The Bertz CT molecular complexity index is 739.